The lowest BCUT2D eigenvalue weighted by atomic mass is 10.0. The average Bonchev–Trinajstić information content (AvgIpc) is 2.72. The molecule has 5 heteroatoms. The van der Waals surface area contributed by atoms with Crippen LogP contribution in [0.15, 0.2) is 82.7 Å². The Morgan fingerprint density at radius 3 is 2.52 bits per heavy atom. The number of aromatic amines is 1. The first kappa shape index (κ1) is 17.1. The fourth-order valence-corrected chi connectivity index (χ4v) is 3.78. The molecule has 0 aliphatic rings. The van der Waals surface area contributed by atoms with Gasteiger partial charge in [-0.2, -0.15) is 0 Å². The summed E-state index contributed by atoms with van der Waals surface area (Å²) in [7, 11) is 0. The molecule has 0 saturated carbocycles. The third-order valence-electron chi connectivity index (χ3n) is 4.25. The monoisotopic (exact) mass is 369 g/mol. The highest BCUT2D eigenvalue weighted by molar-refractivity contribution is 7.98. The highest BCUT2D eigenvalue weighted by Gasteiger charge is 2.16. The molecule has 0 bridgehead atoms. The number of rotatable bonds is 4. The predicted octanol–water partition coefficient (Wildman–Crippen LogP) is 5.43. The number of H-pyrrole nitrogens is 1. The van der Waals surface area contributed by atoms with Gasteiger partial charge in [-0.25, -0.2) is 9.83 Å². The third kappa shape index (κ3) is 3.48. The molecule has 1 heterocycles. The van der Waals surface area contributed by atoms with Crippen molar-refractivity contribution >= 4 is 28.2 Å². The predicted molar refractivity (Wildman–Crippen MR) is 110 cm³/mol. The second-order valence-electron chi connectivity index (χ2n) is 5.98. The second kappa shape index (κ2) is 7.48. The summed E-state index contributed by atoms with van der Waals surface area (Å²) in [6.45, 7) is 7.45. The fraction of sp³-hybridized carbons (Fsp3) is 0.0455. The molecule has 3 aromatic carbocycles. The van der Waals surface area contributed by atoms with Crippen molar-refractivity contribution in [1.82, 2.24) is 9.97 Å². The van der Waals surface area contributed by atoms with Crippen LogP contribution in [-0.2, 0) is 5.75 Å². The number of hydrogen-bond donors (Lipinski definition) is 1. The van der Waals surface area contributed by atoms with Crippen molar-refractivity contribution in [1.29, 1.82) is 0 Å². The highest BCUT2D eigenvalue weighted by Crippen LogP contribution is 2.33. The van der Waals surface area contributed by atoms with Crippen LogP contribution >= 0.6 is 11.8 Å². The minimum Gasteiger partial charge on any atom is -0.311 e. The summed E-state index contributed by atoms with van der Waals surface area (Å²) in [6, 6.07) is 23.7. The van der Waals surface area contributed by atoms with E-state index in [1.54, 1.807) is 0 Å². The topological polar surface area (TPSA) is 50.1 Å². The van der Waals surface area contributed by atoms with Crippen LogP contribution in [0.25, 0.3) is 26.9 Å². The van der Waals surface area contributed by atoms with Crippen molar-refractivity contribution in [2.45, 2.75) is 10.9 Å². The smallest absolute Gasteiger partial charge is 0.276 e. The van der Waals surface area contributed by atoms with Crippen molar-refractivity contribution in [3.05, 3.63) is 100 Å². The zero-order valence-corrected chi connectivity index (χ0v) is 15.2. The average molecular weight is 369 g/mol. The minimum atomic E-state index is -0.404. The molecule has 4 aromatic rings. The van der Waals surface area contributed by atoms with Crippen LogP contribution in [0.5, 0.6) is 0 Å². The van der Waals surface area contributed by atoms with Gasteiger partial charge in [-0.15, -0.1) is 0 Å². The quantitative estimate of drug-likeness (QED) is 0.296. The van der Waals surface area contributed by atoms with E-state index in [0.717, 1.165) is 21.9 Å². The van der Waals surface area contributed by atoms with Crippen LogP contribution < -0.4 is 5.56 Å². The molecule has 27 heavy (non-hydrogen) atoms. The first-order valence-electron chi connectivity index (χ1n) is 8.43. The maximum absolute atomic E-state index is 12.5. The molecule has 0 unspecified atom stereocenters. The molecule has 0 radical (unpaired) electrons. The normalized spacial score (nSPS) is 10.6. The van der Waals surface area contributed by atoms with E-state index in [-0.39, 0.29) is 5.69 Å². The Balaban J connectivity index is 1.81. The molecule has 0 atom stereocenters. The standard InChI is InChI=1S/C22H15N3OS/c1-23-20-19(18-13-7-11-16-10-5-6-12-17(16)18)24-22(25-21(20)26)27-14-15-8-3-2-4-9-15/h2-13H,14H2,(H,24,25,26). The van der Waals surface area contributed by atoms with Crippen molar-refractivity contribution in [2.75, 3.05) is 0 Å². The maximum atomic E-state index is 12.5. The number of nitrogens with zero attached hydrogens (tertiary/aromatic N) is 2. The lowest BCUT2D eigenvalue weighted by Crippen LogP contribution is -2.09. The molecule has 4 nitrogen and oxygen atoms in total. The molecule has 4 rings (SSSR count). The van der Waals surface area contributed by atoms with Gasteiger partial charge < -0.3 is 4.98 Å². The Bertz CT molecular complexity index is 1200. The van der Waals surface area contributed by atoms with Gasteiger partial charge in [0.1, 0.15) is 0 Å². The highest BCUT2D eigenvalue weighted by atomic mass is 32.2. The van der Waals surface area contributed by atoms with E-state index in [0.29, 0.717) is 16.6 Å². The first-order valence-corrected chi connectivity index (χ1v) is 9.41. The maximum Gasteiger partial charge on any atom is 0.276 e. The van der Waals surface area contributed by atoms with Crippen LogP contribution in [-0.4, -0.2) is 9.97 Å². The largest absolute Gasteiger partial charge is 0.311 e. The Morgan fingerprint density at radius 1 is 0.963 bits per heavy atom. The summed E-state index contributed by atoms with van der Waals surface area (Å²) >= 11 is 1.45. The number of benzene rings is 3. The van der Waals surface area contributed by atoms with Gasteiger partial charge in [-0.05, 0) is 21.9 Å². The second-order valence-corrected chi connectivity index (χ2v) is 6.95. The van der Waals surface area contributed by atoms with Crippen molar-refractivity contribution in [2.24, 2.45) is 0 Å². The van der Waals surface area contributed by atoms with E-state index in [1.807, 2.05) is 72.8 Å². The van der Waals surface area contributed by atoms with Crippen molar-refractivity contribution in [3.8, 4) is 11.3 Å². The zero-order chi connectivity index (χ0) is 18.6. The van der Waals surface area contributed by atoms with Gasteiger partial charge >= 0.3 is 0 Å². The molecule has 0 aliphatic carbocycles. The summed E-state index contributed by atoms with van der Waals surface area (Å²) in [4.78, 5) is 23.3. The summed E-state index contributed by atoms with van der Waals surface area (Å²) in [6.07, 6.45) is 0. The summed E-state index contributed by atoms with van der Waals surface area (Å²) < 4.78 is 0. The van der Waals surface area contributed by atoms with Gasteiger partial charge in [-0.1, -0.05) is 84.6 Å². The lowest BCUT2D eigenvalue weighted by Gasteiger charge is -2.09. The number of nitrogens with one attached hydrogen (secondary N) is 1. The van der Waals surface area contributed by atoms with E-state index in [9.17, 15) is 4.79 Å². The van der Waals surface area contributed by atoms with Crippen molar-refractivity contribution < 1.29 is 0 Å². The van der Waals surface area contributed by atoms with Gasteiger partial charge in [0.2, 0.25) is 0 Å². The van der Waals surface area contributed by atoms with Crippen molar-refractivity contribution in [3.63, 3.8) is 0 Å². The van der Waals surface area contributed by atoms with Gasteiger partial charge in [0.25, 0.3) is 11.2 Å². The van der Waals surface area contributed by atoms with Gasteiger partial charge in [0.15, 0.2) is 5.16 Å². The molecule has 1 N–H and O–H groups in total. The Labute approximate surface area is 160 Å². The fourth-order valence-electron chi connectivity index (χ4n) is 2.96. The van der Waals surface area contributed by atoms with E-state index in [4.69, 9.17) is 6.57 Å². The Morgan fingerprint density at radius 2 is 1.70 bits per heavy atom. The van der Waals surface area contributed by atoms with E-state index in [1.165, 1.54) is 11.8 Å². The van der Waals surface area contributed by atoms with Crippen LogP contribution in [0, 0.1) is 6.57 Å². The van der Waals surface area contributed by atoms with Crippen LogP contribution in [0.4, 0.5) is 5.69 Å². The van der Waals surface area contributed by atoms with Gasteiger partial charge in [-0.3, -0.25) is 4.79 Å². The number of aromatic nitrogens is 2. The summed E-state index contributed by atoms with van der Waals surface area (Å²) in [5, 5.41) is 2.53. The molecule has 130 valence electrons. The number of thioether (sulfide) groups is 1. The van der Waals surface area contributed by atoms with Crippen LogP contribution in [0.3, 0.4) is 0 Å². The summed E-state index contributed by atoms with van der Waals surface area (Å²) in [5.41, 5.74) is 1.99. The number of fused-ring (bicyclic) bond motifs is 1. The zero-order valence-electron chi connectivity index (χ0n) is 14.3. The molecular weight excluding hydrogens is 354 g/mol. The molecule has 0 amide bonds. The minimum absolute atomic E-state index is 0.0235. The van der Waals surface area contributed by atoms with Gasteiger partial charge in [0, 0.05) is 5.75 Å². The Hall–Kier alpha value is -3.36. The molecule has 1 aromatic heterocycles. The SMILES string of the molecule is [C-]#[N+]c1c(-c2cccc3ccccc23)nc(SCc2ccccc2)[nH]c1=O. The lowest BCUT2D eigenvalue weighted by molar-refractivity contribution is 0.950. The van der Waals surface area contributed by atoms with E-state index >= 15 is 0 Å². The molecule has 0 spiro atoms. The molecule has 0 saturated heterocycles. The van der Waals surface area contributed by atoms with Crippen LogP contribution in [0.2, 0.25) is 0 Å². The first-order chi connectivity index (χ1) is 13.3. The van der Waals surface area contributed by atoms with Gasteiger partial charge in [0.05, 0.1) is 12.3 Å². The number of hydrogen-bond acceptors (Lipinski definition) is 3. The van der Waals surface area contributed by atoms with E-state index < -0.39 is 5.56 Å². The summed E-state index contributed by atoms with van der Waals surface area (Å²) in [5.74, 6) is 0.691. The molecule has 0 aliphatic heterocycles. The third-order valence-corrected chi connectivity index (χ3v) is 5.19. The molecular formula is C22H15N3OS. The van der Waals surface area contributed by atoms with Crippen LogP contribution in [0.1, 0.15) is 5.56 Å². The molecule has 0 fully saturated rings. The Kier molecular flexibility index (Phi) is 4.73. The van der Waals surface area contributed by atoms with E-state index in [2.05, 4.69) is 14.8 Å².